The van der Waals surface area contributed by atoms with Gasteiger partial charge in [0.25, 0.3) is 5.56 Å². The fraction of sp³-hybridized carbons (Fsp3) is 0. The largest absolute Gasteiger partial charge is 0.351 e. The van der Waals surface area contributed by atoms with E-state index in [-0.39, 0.29) is 10.9 Å². The third kappa shape index (κ3) is 1.49. The standard InChI is InChI=1S/C9H6ClN3O3/c10-4-1-2-6-5(3-4)7(14)12-9(16)13(6)8(11)15/h1-3H,(H2,11,15)(H,12,14,16). The normalized spacial score (nSPS) is 10.6. The topological polar surface area (TPSA) is 97.9 Å². The van der Waals surface area contributed by atoms with Crippen molar-refractivity contribution in [2.75, 3.05) is 0 Å². The Morgan fingerprint density at radius 3 is 2.69 bits per heavy atom. The maximum atomic E-state index is 11.4. The molecule has 16 heavy (non-hydrogen) atoms. The number of nitrogens with zero attached hydrogens (tertiary/aromatic N) is 1. The van der Waals surface area contributed by atoms with Crippen LogP contribution in [0.3, 0.4) is 0 Å². The molecule has 2 aromatic rings. The molecule has 0 aliphatic heterocycles. The zero-order chi connectivity index (χ0) is 11.9. The Hall–Kier alpha value is -2.08. The van der Waals surface area contributed by atoms with Crippen molar-refractivity contribution in [3.63, 3.8) is 0 Å². The molecule has 7 heteroatoms. The summed E-state index contributed by atoms with van der Waals surface area (Å²) >= 11 is 5.71. The summed E-state index contributed by atoms with van der Waals surface area (Å²) in [5.41, 5.74) is 3.69. The molecule has 0 spiro atoms. The number of nitrogens with one attached hydrogen (secondary N) is 1. The summed E-state index contributed by atoms with van der Waals surface area (Å²) in [6, 6.07) is 3.24. The average molecular weight is 240 g/mol. The molecule has 0 saturated carbocycles. The van der Waals surface area contributed by atoms with Crippen LogP contribution in [0.15, 0.2) is 27.8 Å². The molecular formula is C9H6ClN3O3. The van der Waals surface area contributed by atoms with Crippen LogP contribution in [0.5, 0.6) is 0 Å². The highest BCUT2D eigenvalue weighted by Crippen LogP contribution is 2.14. The van der Waals surface area contributed by atoms with Gasteiger partial charge in [-0.05, 0) is 18.2 Å². The second-order valence-corrected chi connectivity index (χ2v) is 3.53. The predicted molar refractivity (Wildman–Crippen MR) is 58.8 cm³/mol. The number of primary amides is 1. The van der Waals surface area contributed by atoms with E-state index in [0.29, 0.717) is 9.59 Å². The lowest BCUT2D eigenvalue weighted by Crippen LogP contribution is -2.37. The van der Waals surface area contributed by atoms with E-state index in [1.54, 1.807) is 0 Å². The Morgan fingerprint density at radius 1 is 1.38 bits per heavy atom. The van der Waals surface area contributed by atoms with E-state index in [2.05, 4.69) is 0 Å². The fourth-order valence-electron chi connectivity index (χ4n) is 1.43. The van der Waals surface area contributed by atoms with E-state index in [1.807, 2.05) is 4.98 Å². The smallest absolute Gasteiger partial charge is 0.337 e. The molecule has 1 aromatic carbocycles. The fourth-order valence-corrected chi connectivity index (χ4v) is 1.61. The number of halogens is 1. The summed E-state index contributed by atoms with van der Waals surface area (Å²) in [4.78, 5) is 35.8. The summed E-state index contributed by atoms with van der Waals surface area (Å²) in [7, 11) is 0. The number of hydrogen-bond acceptors (Lipinski definition) is 3. The molecule has 6 nitrogen and oxygen atoms in total. The zero-order valence-corrected chi connectivity index (χ0v) is 8.62. The number of amides is 1. The summed E-state index contributed by atoms with van der Waals surface area (Å²) in [6.45, 7) is 0. The van der Waals surface area contributed by atoms with Gasteiger partial charge in [0.1, 0.15) is 0 Å². The number of fused-ring (bicyclic) bond motifs is 1. The molecule has 2 rings (SSSR count). The number of benzene rings is 1. The van der Waals surface area contributed by atoms with Crippen molar-refractivity contribution in [1.82, 2.24) is 9.55 Å². The van der Waals surface area contributed by atoms with Gasteiger partial charge in [-0.1, -0.05) is 11.6 Å². The molecule has 0 aliphatic carbocycles. The quantitative estimate of drug-likeness (QED) is 0.690. The average Bonchev–Trinajstić information content (AvgIpc) is 2.18. The van der Waals surface area contributed by atoms with E-state index < -0.39 is 17.3 Å². The van der Waals surface area contributed by atoms with Crippen molar-refractivity contribution >= 4 is 28.5 Å². The Bertz CT molecular complexity index is 701. The molecule has 0 saturated heterocycles. The predicted octanol–water partition coefficient (Wildman–Crippen LogP) is 0.270. The lowest BCUT2D eigenvalue weighted by atomic mass is 10.2. The van der Waals surface area contributed by atoms with Crippen molar-refractivity contribution in [2.45, 2.75) is 0 Å². The first-order valence-corrected chi connectivity index (χ1v) is 4.63. The third-order valence-corrected chi connectivity index (χ3v) is 2.32. The summed E-state index contributed by atoms with van der Waals surface area (Å²) < 4.78 is 0.674. The van der Waals surface area contributed by atoms with Crippen LogP contribution in [0.4, 0.5) is 4.79 Å². The van der Waals surface area contributed by atoms with Crippen molar-refractivity contribution in [2.24, 2.45) is 5.73 Å². The number of nitrogens with two attached hydrogens (primary N) is 1. The lowest BCUT2D eigenvalue weighted by molar-refractivity contribution is 0.250. The van der Waals surface area contributed by atoms with E-state index in [9.17, 15) is 14.4 Å². The van der Waals surface area contributed by atoms with Crippen LogP contribution in [0.2, 0.25) is 5.02 Å². The Morgan fingerprint density at radius 2 is 2.06 bits per heavy atom. The molecule has 1 aromatic heterocycles. The van der Waals surface area contributed by atoms with Gasteiger partial charge in [0, 0.05) is 5.02 Å². The second-order valence-electron chi connectivity index (χ2n) is 3.09. The van der Waals surface area contributed by atoms with E-state index in [4.69, 9.17) is 17.3 Å². The van der Waals surface area contributed by atoms with Gasteiger partial charge in [0.2, 0.25) is 0 Å². The molecule has 3 N–H and O–H groups in total. The van der Waals surface area contributed by atoms with Crippen molar-refractivity contribution in [1.29, 1.82) is 0 Å². The minimum atomic E-state index is -0.964. The molecule has 0 radical (unpaired) electrons. The number of carbonyl (C=O) groups excluding carboxylic acids is 1. The van der Waals surface area contributed by atoms with Crippen molar-refractivity contribution < 1.29 is 4.79 Å². The second kappa shape index (κ2) is 3.49. The van der Waals surface area contributed by atoms with Gasteiger partial charge >= 0.3 is 11.7 Å². The first-order valence-electron chi connectivity index (χ1n) is 4.25. The van der Waals surface area contributed by atoms with Gasteiger partial charge in [0.15, 0.2) is 0 Å². The van der Waals surface area contributed by atoms with E-state index in [0.717, 1.165) is 0 Å². The van der Waals surface area contributed by atoms with Crippen LogP contribution < -0.4 is 17.0 Å². The molecule has 0 bridgehead atoms. The first-order chi connectivity index (χ1) is 7.50. The molecular weight excluding hydrogens is 234 g/mol. The van der Waals surface area contributed by atoms with Crippen LogP contribution >= 0.6 is 11.6 Å². The third-order valence-electron chi connectivity index (χ3n) is 2.09. The summed E-state index contributed by atoms with van der Waals surface area (Å²) in [5, 5.41) is 0.457. The monoisotopic (exact) mass is 239 g/mol. The Kier molecular flexibility index (Phi) is 2.28. The highest BCUT2D eigenvalue weighted by atomic mass is 35.5. The van der Waals surface area contributed by atoms with Crippen LogP contribution in [0.25, 0.3) is 10.9 Å². The molecule has 0 fully saturated rings. The van der Waals surface area contributed by atoms with Gasteiger partial charge in [-0.25, -0.2) is 14.2 Å². The van der Waals surface area contributed by atoms with Crippen molar-refractivity contribution in [3.8, 4) is 0 Å². The van der Waals surface area contributed by atoms with Crippen LogP contribution in [-0.4, -0.2) is 15.6 Å². The molecule has 1 heterocycles. The first kappa shape index (κ1) is 10.4. The van der Waals surface area contributed by atoms with Crippen LogP contribution in [0.1, 0.15) is 0 Å². The van der Waals surface area contributed by atoms with Crippen LogP contribution in [0, 0.1) is 0 Å². The van der Waals surface area contributed by atoms with Gasteiger partial charge in [-0.2, -0.15) is 0 Å². The number of rotatable bonds is 0. The van der Waals surface area contributed by atoms with Gasteiger partial charge in [-0.3, -0.25) is 9.78 Å². The summed E-state index contributed by atoms with van der Waals surface area (Å²) in [5.74, 6) is 0. The van der Waals surface area contributed by atoms with Gasteiger partial charge in [0.05, 0.1) is 10.9 Å². The molecule has 82 valence electrons. The van der Waals surface area contributed by atoms with E-state index in [1.165, 1.54) is 18.2 Å². The number of aromatic amines is 1. The van der Waals surface area contributed by atoms with Crippen LogP contribution in [-0.2, 0) is 0 Å². The summed E-state index contributed by atoms with van der Waals surface area (Å²) in [6.07, 6.45) is 0. The maximum absolute atomic E-state index is 11.4. The molecule has 0 atom stereocenters. The van der Waals surface area contributed by atoms with E-state index >= 15 is 0 Å². The minimum absolute atomic E-state index is 0.130. The minimum Gasteiger partial charge on any atom is -0.351 e. The maximum Gasteiger partial charge on any atom is 0.337 e. The SMILES string of the molecule is NC(=O)n1c(=O)[nH]c(=O)c2cc(Cl)ccc21. The Labute approximate surface area is 93.3 Å². The lowest BCUT2D eigenvalue weighted by Gasteiger charge is -2.04. The molecule has 0 aliphatic rings. The Balaban J connectivity index is 3.08. The van der Waals surface area contributed by atoms with Gasteiger partial charge < -0.3 is 5.73 Å². The van der Waals surface area contributed by atoms with Crippen molar-refractivity contribution in [3.05, 3.63) is 44.1 Å². The highest BCUT2D eigenvalue weighted by molar-refractivity contribution is 6.31. The number of aromatic nitrogens is 2. The zero-order valence-electron chi connectivity index (χ0n) is 7.86. The van der Waals surface area contributed by atoms with Gasteiger partial charge in [-0.15, -0.1) is 0 Å². The number of H-pyrrole nitrogens is 1. The number of hydrogen-bond donors (Lipinski definition) is 2. The molecule has 1 amide bonds. The number of carbonyl (C=O) groups is 1. The highest BCUT2D eigenvalue weighted by Gasteiger charge is 2.10. The molecule has 0 unspecified atom stereocenters.